The van der Waals surface area contributed by atoms with Crippen molar-refractivity contribution >= 4 is 27.5 Å². The van der Waals surface area contributed by atoms with Crippen LogP contribution < -0.4 is 19.1 Å². The smallest absolute Gasteiger partial charge is 0.244 e. The highest BCUT2D eigenvalue weighted by molar-refractivity contribution is 7.92. The molecule has 1 aliphatic rings. The Hall–Kier alpha value is -3.27. The van der Waals surface area contributed by atoms with E-state index in [-0.39, 0.29) is 18.1 Å². The molecule has 2 aromatic carbocycles. The molecule has 0 saturated carbocycles. The first kappa shape index (κ1) is 26.3. The van der Waals surface area contributed by atoms with E-state index in [4.69, 9.17) is 9.47 Å². The van der Waals surface area contributed by atoms with Crippen LogP contribution in [-0.4, -0.2) is 63.7 Å². The summed E-state index contributed by atoms with van der Waals surface area (Å²) >= 11 is 0. The molecule has 1 aliphatic heterocycles. The van der Waals surface area contributed by atoms with Crippen LogP contribution in [0, 0.1) is 6.92 Å². The van der Waals surface area contributed by atoms with Crippen LogP contribution in [0.4, 0.5) is 5.69 Å². The molecule has 2 amide bonds. The lowest BCUT2D eigenvalue weighted by atomic mass is 10.1. The average Bonchev–Trinajstić information content (AvgIpc) is 2.82. The maximum Gasteiger partial charge on any atom is 0.244 e. The molecule has 0 spiro atoms. The van der Waals surface area contributed by atoms with Gasteiger partial charge in [0.2, 0.25) is 21.8 Å². The van der Waals surface area contributed by atoms with E-state index < -0.39 is 28.5 Å². The van der Waals surface area contributed by atoms with E-state index in [0.717, 1.165) is 28.1 Å². The first-order valence-electron chi connectivity index (χ1n) is 11.6. The van der Waals surface area contributed by atoms with Gasteiger partial charge in [-0.3, -0.25) is 13.9 Å². The summed E-state index contributed by atoms with van der Waals surface area (Å²) in [6.45, 7) is 6.49. The SMILES string of the molecule is CCCNC(=O)C(C)N(Cc1cccc(C)c1)C(=O)CN(c1ccc2c(c1)OCCO2)S(C)(=O)=O. The van der Waals surface area contributed by atoms with Crippen LogP contribution in [0.2, 0.25) is 0 Å². The molecule has 1 heterocycles. The number of sulfonamides is 1. The number of carbonyl (C=O) groups is 2. The molecule has 9 nitrogen and oxygen atoms in total. The number of rotatable bonds is 10. The van der Waals surface area contributed by atoms with E-state index in [0.29, 0.717) is 31.3 Å². The molecule has 2 aromatic rings. The van der Waals surface area contributed by atoms with E-state index in [1.807, 2.05) is 38.1 Å². The van der Waals surface area contributed by atoms with Gasteiger partial charge in [-0.15, -0.1) is 0 Å². The zero-order valence-electron chi connectivity index (χ0n) is 20.6. The Kier molecular flexibility index (Phi) is 8.61. The van der Waals surface area contributed by atoms with Crippen molar-refractivity contribution in [3.05, 3.63) is 53.6 Å². The lowest BCUT2D eigenvalue weighted by Crippen LogP contribution is -2.51. The van der Waals surface area contributed by atoms with Gasteiger partial charge in [0.05, 0.1) is 11.9 Å². The fourth-order valence-corrected chi connectivity index (χ4v) is 4.63. The van der Waals surface area contributed by atoms with Crippen molar-refractivity contribution in [1.29, 1.82) is 0 Å². The van der Waals surface area contributed by atoms with Crippen molar-refractivity contribution in [3.8, 4) is 11.5 Å². The number of nitrogens with one attached hydrogen (secondary N) is 1. The predicted octanol–water partition coefficient (Wildman–Crippen LogP) is 2.48. The topological polar surface area (TPSA) is 105 Å². The molecule has 1 atom stereocenters. The first-order valence-corrected chi connectivity index (χ1v) is 13.4. The zero-order chi connectivity index (χ0) is 25.6. The Morgan fingerprint density at radius 1 is 1.09 bits per heavy atom. The van der Waals surface area contributed by atoms with Crippen LogP contribution in [0.25, 0.3) is 0 Å². The van der Waals surface area contributed by atoms with Crippen molar-refractivity contribution in [2.75, 3.05) is 36.9 Å². The second kappa shape index (κ2) is 11.4. The van der Waals surface area contributed by atoms with Gasteiger partial charge in [-0.1, -0.05) is 36.8 Å². The van der Waals surface area contributed by atoms with Crippen molar-refractivity contribution in [3.63, 3.8) is 0 Å². The second-order valence-corrected chi connectivity index (χ2v) is 10.5. The normalized spacial score (nSPS) is 13.6. The summed E-state index contributed by atoms with van der Waals surface area (Å²) < 4.78 is 37.5. The quantitative estimate of drug-likeness (QED) is 0.534. The summed E-state index contributed by atoms with van der Waals surface area (Å²) in [4.78, 5) is 27.7. The number of hydrogen-bond acceptors (Lipinski definition) is 6. The standard InChI is InChI=1S/C25H33N3O6S/c1-5-11-26-25(30)19(3)27(16-20-8-6-7-18(2)14-20)24(29)17-28(35(4,31)32)21-9-10-22-23(15-21)34-13-12-33-22/h6-10,14-15,19H,5,11-13,16-17H2,1-4H3,(H,26,30). The maximum absolute atomic E-state index is 13.6. The predicted molar refractivity (Wildman–Crippen MR) is 134 cm³/mol. The van der Waals surface area contributed by atoms with E-state index in [9.17, 15) is 18.0 Å². The van der Waals surface area contributed by atoms with Gasteiger partial charge >= 0.3 is 0 Å². The number of ether oxygens (including phenoxy) is 2. The van der Waals surface area contributed by atoms with Gasteiger partial charge in [0.15, 0.2) is 11.5 Å². The molecule has 190 valence electrons. The highest BCUT2D eigenvalue weighted by Crippen LogP contribution is 2.34. The van der Waals surface area contributed by atoms with Gasteiger partial charge in [-0.2, -0.15) is 0 Å². The third-order valence-corrected chi connectivity index (χ3v) is 6.79. The number of benzene rings is 2. The van der Waals surface area contributed by atoms with E-state index in [1.165, 1.54) is 4.90 Å². The molecule has 35 heavy (non-hydrogen) atoms. The van der Waals surface area contributed by atoms with Gasteiger partial charge in [0.25, 0.3) is 0 Å². The number of carbonyl (C=O) groups excluding carboxylic acids is 2. The van der Waals surface area contributed by atoms with Crippen LogP contribution in [-0.2, 0) is 26.2 Å². The molecule has 0 saturated heterocycles. The molecule has 0 radical (unpaired) electrons. The molecular formula is C25H33N3O6S. The summed E-state index contributed by atoms with van der Waals surface area (Å²) in [6, 6.07) is 11.6. The van der Waals surface area contributed by atoms with Gasteiger partial charge in [0.1, 0.15) is 25.8 Å². The van der Waals surface area contributed by atoms with Crippen LogP contribution in [0.5, 0.6) is 11.5 Å². The zero-order valence-corrected chi connectivity index (χ0v) is 21.4. The van der Waals surface area contributed by atoms with Gasteiger partial charge in [0, 0.05) is 19.2 Å². The highest BCUT2D eigenvalue weighted by Gasteiger charge is 2.30. The Morgan fingerprint density at radius 2 is 1.80 bits per heavy atom. The summed E-state index contributed by atoms with van der Waals surface area (Å²) in [6.07, 6.45) is 1.80. The molecule has 0 fully saturated rings. The molecule has 3 rings (SSSR count). The lowest BCUT2D eigenvalue weighted by molar-refractivity contribution is -0.139. The molecule has 1 N–H and O–H groups in total. The summed E-state index contributed by atoms with van der Waals surface area (Å²) in [5, 5.41) is 2.82. The minimum Gasteiger partial charge on any atom is -0.486 e. The molecule has 10 heteroatoms. The van der Waals surface area contributed by atoms with E-state index >= 15 is 0 Å². The Morgan fingerprint density at radius 3 is 2.46 bits per heavy atom. The van der Waals surface area contributed by atoms with E-state index in [1.54, 1.807) is 25.1 Å². The van der Waals surface area contributed by atoms with Gasteiger partial charge in [-0.25, -0.2) is 8.42 Å². The number of fused-ring (bicyclic) bond motifs is 1. The Balaban J connectivity index is 1.90. The second-order valence-electron chi connectivity index (χ2n) is 8.58. The van der Waals surface area contributed by atoms with Crippen LogP contribution >= 0.6 is 0 Å². The van der Waals surface area contributed by atoms with Crippen molar-refractivity contribution < 1.29 is 27.5 Å². The largest absolute Gasteiger partial charge is 0.486 e. The molecule has 0 aliphatic carbocycles. The van der Waals surface area contributed by atoms with Crippen molar-refractivity contribution in [1.82, 2.24) is 10.2 Å². The molecular weight excluding hydrogens is 470 g/mol. The first-order chi connectivity index (χ1) is 16.6. The Bertz CT molecular complexity index is 1170. The minimum absolute atomic E-state index is 0.167. The van der Waals surface area contributed by atoms with Crippen LogP contribution in [0.3, 0.4) is 0 Å². The number of aryl methyl sites for hydroxylation is 1. The third-order valence-electron chi connectivity index (χ3n) is 5.64. The highest BCUT2D eigenvalue weighted by atomic mass is 32.2. The summed E-state index contributed by atoms with van der Waals surface area (Å²) in [5.74, 6) is 0.143. The summed E-state index contributed by atoms with van der Waals surface area (Å²) in [7, 11) is -3.82. The number of amides is 2. The summed E-state index contributed by atoms with van der Waals surface area (Å²) in [5.41, 5.74) is 2.15. The van der Waals surface area contributed by atoms with Gasteiger partial charge in [-0.05, 0) is 38.0 Å². The number of hydrogen-bond donors (Lipinski definition) is 1. The van der Waals surface area contributed by atoms with Crippen molar-refractivity contribution in [2.45, 2.75) is 39.8 Å². The lowest BCUT2D eigenvalue weighted by Gasteiger charge is -2.32. The van der Waals surface area contributed by atoms with Crippen LogP contribution in [0.1, 0.15) is 31.4 Å². The monoisotopic (exact) mass is 503 g/mol. The fraction of sp³-hybridized carbons (Fsp3) is 0.440. The number of anilines is 1. The maximum atomic E-state index is 13.6. The Labute approximate surface area is 207 Å². The fourth-order valence-electron chi connectivity index (χ4n) is 3.79. The van der Waals surface area contributed by atoms with E-state index in [2.05, 4.69) is 5.32 Å². The molecule has 0 bridgehead atoms. The minimum atomic E-state index is -3.82. The third kappa shape index (κ3) is 6.88. The van der Waals surface area contributed by atoms with Crippen molar-refractivity contribution in [2.24, 2.45) is 0 Å². The molecule has 1 unspecified atom stereocenters. The van der Waals surface area contributed by atoms with Crippen LogP contribution in [0.15, 0.2) is 42.5 Å². The average molecular weight is 504 g/mol. The number of nitrogens with zero attached hydrogens (tertiary/aromatic N) is 2. The molecule has 0 aromatic heterocycles. The van der Waals surface area contributed by atoms with Gasteiger partial charge < -0.3 is 19.7 Å².